The summed E-state index contributed by atoms with van der Waals surface area (Å²) in [6.45, 7) is 5.77. The fourth-order valence-corrected chi connectivity index (χ4v) is 0.499. The van der Waals surface area contributed by atoms with Gasteiger partial charge in [-0.1, -0.05) is 25.2 Å². The van der Waals surface area contributed by atoms with E-state index in [0.717, 1.165) is 19.3 Å². The molecule has 0 saturated heterocycles. The normalized spacial score (nSPS) is 8.10. The Labute approximate surface area is 83.0 Å². The second kappa shape index (κ2) is 16.2. The molecule has 10 heavy (non-hydrogen) atoms. The zero-order chi connectivity index (χ0) is 6.24. The monoisotopic (exact) mass is 249 g/mol. The SMILES string of the molecule is C=CCCC=CCC.Cl.[Rh]. The summed E-state index contributed by atoms with van der Waals surface area (Å²) in [6, 6.07) is 0. The van der Waals surface area contributed by atoms with Crippen LogP contribution in [-0.2, 0) is 19.5 Å². The summed E-state index contributed by atoms with van der Waals surface area (Å²) in [5, 5.41) is 0. The summed E-state index contributed by atoms with van der Waals surface area (Å²) >= 11 is 0. The number of allylic oxidation sites excluding steroid dienone is 3. The molecule has 0 aromatic rings. The predicted octanol–water partition coefficient (Wildman–Crippen LogP) is 3.34. The van der Waals surface area contributed by atoms with Crippen LogP contribution in [0.25, 0.3) is 0 Å². The molecule has 0 N–H and O–H groups in total. The van der Waals surface area contributed by atoms with Crippen LogP contribution in [0.3, 0.4) is 0 Å². The van der Waals surface area contributed by atoms with E-state index in [1.54, 1.807) is 0 Å². The second-order valence-corrected chi connectivity index (χ2v) is 1.75. The Hall–Kier alpha value is 0.393. The molecule has 0 bridgehead atoms. The maximum absolute atomic E-state index is 3.62. The van der Waals surface area contributed by atoms with Crippen molar-refractivity contribution in [2.75, 3.05) is 0 Å². The predicted molar refractivity (Wildman–Crippen MR) is 46.1 cm³/mol. The van der Waals surface area contributed by atoms with Crippen LogP contribution in [0.15, 0.2) is 24.8 Å². The van der Waals surface area contributed by atoms with E-state index in [-0.39, 0.29) is 31.9 Å². The number of hydrogen-bond acceptors (Lipinski definition) is 0. The van der Waals surface area contributed by atoms with E-state index in [1.165, 1.54) is 0 Å². The molecular weight excluding hydrogens is 234 g/mol. The van der Waals surface area contributed by atoms with Crippen LogP contribution in [0.2, 0.25) is 0 Å². The molecule has 0 aromatic carbocycles. The smallest absolute Gasteiger partial charge is 0 e. The van der Waals surface area contributed by atoms with E-state index in [9.17, 15) is 0 Å². The average Bonchev–Trinajstić information content (AvgIpc) is 1.81. The van der Waals surface area contributed by atoms with Gasteiger partial charge in [-0.3, -0.25) is 0 Å². The molecule has 0 aliphatic heterocycles. The van der Waals surface area contributed by atoms with Crippen LogP contribution in [-0.4, -0.2) is 0 Å². The molecule has 0 spiro atoms. The van der Waals surface area contributed by atoms with Crippen LogP contribution in [0, 0.1) is 0 Å². The summed E-state index contributed by atoms with van der Waals surface area (Å²) in [7, 11) is 0. The minimum Gasteiger partial charge on any atom is -0.147 e. The van der Waals surface area contributed by atoms with Crippen LogP contribution in [0.4, 0.5) is 0 Å². The summed E-state index contributed by atoms with van der Waals surface area (Å²) in [5.41, 5.74) is 0. The minimum atomic E-state index is 0. The quantitative estimate of drug-likeness (QED) is 0.407. The molecule has 0 fully saturated rings. The fraction of sp³-hybridized carbons (Fsp3) is 0.500. The second-order valence-electron chi connectivity index (χ2n) is 1.75. The first-order valence-electron chi connectivity index (χ1n) is 3.17. The van der Waals surface area contributed by atoms with Gasteiger partial charge in [0, 0.05) is 19.5 Å². The van der Waals surface area contributed by atoms with Gasteiger partial charge in [-0.2, -0.15) is 0 Å². The van der Waals surface area contributed by atoms with Crippen LogP contribution >= 0.6 is 12.4 Å². The van der Waals surface area contributed by atoms with Crippen LogP contribution < -0.4 is 0 Å². The molecule has 0 aliphatic rings. The van der Waals surface area contributed by atoms with Crippen LogP contribution in [0.5, 0.6) is 0 Å². The van der Waals surface area contributed by atoms with Gasteiger partial charge >= 0.3 is 0 Å². The molecule has 0 saturated carbocycles. The van der Waals surface area contributed by atoms with Crippen molar-refractivity contribution in [1.29, 1.82) is 0 Å². The fourth-order valence-electron chi connectivity index (χ4n) is 0.499. The van der Waals surface area contributed by atoms with Gasteiger partial charge in [-0.05, 0) is 19.3 Å². The molecule has 0 heterocycles. The average molecular weight is 250 g/mol. The minimum absolute atomic E-state index is 0. The molecule has 2 heteroatoms. The van der Waals surface area contributed by atoms with E-state index in [1.807, 2.05) is 6.08 Å². The van der Waals surface area contributed by atoms with E-state index in [4.69, 9.17) is 0 Å². The van der Waals surface area contributed by atoms with Crippen molar-refractivity contribution in [2.24, 2.45) is 0 Å². The summed E-state index contributed by atoms with van der Waals surface area (Å²) in [4.78, 5) is 0. The van der Waals surface area contributed by atoms with Gasteiger partial charge in [-0.15, -0.1) is 19.0 Å². The molecule has 0 atom stereocenters. The molecule has 0 nitrogen and oxygen atoms in total. The number of hydrogen-bond donors (Lipinski definition) is 0. The molecule has 63 valence electrons. The zero-order valence-corrected chi connectivity index (χ0v) is 8.76. The Morgan fingerprint density at radius 2 is 1.80 bits per heavy atom. The maximum atomic E-state index is 3.62. The summed E-state index contributed by atoms with van der Waals surface area (Å²) < 4.78 is 0. The van der Waals surface area contributed by atoms with Gasteiger partial charge in [0.05, 0.1) is 0 Å². The van der Waals surface area contributed by atoms with E-state index >= 15 is 0 Å². The van der Waals surface area contributed by atoms with Crippen molar-refractivity contribution in [3.05, 3.63) is 24.8 Å². The third kappa shape index (κ3) is 15.8. The Morgan fingerprint density at radius 3 is 2.20 bits per heavy atom. The molecular formula is C8H15ClRh. The first kappa shape index (κ1) is 16.8. The largest absolute Gasteiger partial charge is 0.147 e. The van der Waals surface area contributed by atoms with Gasteiger partial charge in [0.2, 0.25) is 0 Å². The topological polar surface area (TPSA) is 0 Å². The third-order valence-corrected chi connectivity index (χ3v) is 0.940. The number of rotatable bonds is 4. The third-order valence-electron chi connectivity index (χ3n) is 0.940. The van der Waals surface area contributed by atoms with Gasteiger partial charge in [0.25, 0.3) is 0 Å². The van der Waals surface area contributed by atoms with E-state index < -0.39 is 0 Å². The Morgan fingerprint density at radius 1 is 1.20 bits per heavy atom. The Kier molecular flexibility index (Phi) is 27.2. The van der Waals surface area contributed by atoms with E-state index in [0.29, 0.717) is 0 Å². The first-order chi connectivity index (χ1) is 3.91. The summed E-state index contributed by atoms with van der Waals surface area (Å²) in [6.07, 6.45) is 9.73. The Bertz CT molecular complexity index is 79.3. The number of halogens is 1. The number of unbranched alkanes of at least 4 members (excludes halogenated alkanes) is 1. The standard InChI is InChI=1S/C8H14.ClH.Rh/c1-3-5-7-8-6-4-2;;/h3,6,8H,1,4-5,7H2,2H3;1H;. The van der Waals surface area contributed by atoms with Crippen molar-refractivity contribution >= 4 is 12.4 Å². The van der Waals surface area contributed by atoms with Crippen molar-refractivity contribution in [3.63, 3.8) is 0 Å². The molecule has 0 amide bonds. The zero-order valence-electron chi connectivity index (χ0n) is 6.30. The van der Waals surface area contributed by atoms with Gasteiger partial charge < -0.3 is 0 Å². The molecule has 0 unspecified atom stereocenters. The summed E-state index contributed by atoms with van der Waals surface area (Å²) in [5.74, 6) is 0. The molecule has 0 rings (SSSR count). The van der Waals surface area contributed by atoms with Gasteiger partial charge in [-0.25, -0.2) is 0 Å². The van der Waals surface area contributed by atoms with Crippen molar-refractivity contribution in [2.45, 2.75) is 26.2 Å². The Balaban J connectivity index is -0.000000245. The molecule has 1 radical (unpaired) electrons. The molecule has 0 aromatic heterocycles. The van der Waals surface area contributed by atoms with Gasteiger partial charge in [0.15, 0.2) is 0 Å². The van der Waals surface area contributed by atoms with Crippen molar-refractivity contribution in [3.8, 4) is 0 Å². The van der Waals surface area contributed by atoms with Gasteiger partial charge in [0.1, 0.15) is 0 Å². The molecule has 0 aliphatic carbocycles. The maximum Gasteiger partial charge on any atom is 0 e. The van der Waals surface area contributed by atoms with Crippen LogP contribution in [0.1, 0.15) is 26.2 Å². The van der Waals surface area contributed by atoms with Crippen molar-refractivity contribution < 1.29 is 19.5 Å². The van der Waals surface area contributed by atoms with Crippen molar-refractivity contribution in [1.82, 2.24) is 0 Å². The van der Waals surface area contributed by atoms with E-state index in [2.05, 4.69) is 25.7 Å². The first-order valence-corrected chi connectivity index (χ1v) is 3.17.